The molecule has 3 rings (SSSR count). The minimum Gasteiger partial charge on any atom is -0.491 e. The second kappa shape index (κ2) is 7.60. The Morgan fingerprint density at radius 2 is 1.67 bits per heavy atom. The molecule has 6 nitrogen and oxygen atoms in total. The van der Waals surface area contributed by atoms with Crippen molar-refractivity contribution >= 4 is 27.3 Å². The molecular weight excluding hydrogens is 364 g/mol. The van der Waals surface area contributed by atoms with Gasteiger partial charge >= 0.3 is 0 Å². The Bertz CT molecular complexity index is 902. The Morgan fingerprint density at radius 3 is 2.15 bits per heavy atom. The predicted molar refractivity (Wildman–Crippen MR) is 106 cm³/mol. The van der Waals surface area contributed by atoms with E-state index in [9.17, 15) is 13.2 Å². The molecule has 1 aliphatic carbocycles. The zero-order valence-electron chi connectivity index (χ0n) is 15.7. The van der Waals surface area contributed by atoms with Crippen LogP contribution in [0.1, 0.15) is 33.6 Å². The van der Waals surface area contributed by atoms with Gasteiger partial charge < -0.3 is 9.64 Å². The maximum Gasteiger partial charge on any atom is 0.261 e. The minimum atomic E-state index is -3.70. The highest BCUT2D eigenvalue weighted by Crippen LogP contribution is 2.32. The molecule has 144 valence electrons. The maximum atomic E-state index is 12.6. The van der Waals surface area contributed by atoms with Gasteiger partial charge in [-0.25, -0.2) is 8.42 Å². The van der Waals surface area contributed by atoms with Crippen LogP contribution in [0, 0.1) is 0 Å². The monoisotopic (exact) mass is 388 g/mol. The fourth-order valence-corrected chi connectivity index (χ4v) is 3.91. The van der Waals surface area contributed by atoms with Crippen molar-refractivity contribution in [2.45, 2.75) is 50.7 Å². The highest BCUT2D eigenvalue weighted by atomic mass is 32.2. The smallest absolute Gasteiger partial charge is 0.261 e. The molecule has 2 aromatic carbocycles. The lowest BCUT2D eigenvalue weighted by atomic mass is 10.2. The number of hydrogen-bond donors (Lipinski definition) is 1. The largest absolute Gasteiger partial charge is 0.491 e. The lowest BCUT2D eigenvalue weighted by Crippen LogP contribution is -2.30. The first-order valence-corrected chi connectivity index (χ1v) is 10.4. The average Bonchev–Trinajstić information content (AvgIpc) is 3.41. The zero-order chi connectivity index (χ0) is 19.6. The van der Waals surface area contributed by atoms with Gasteiger partial charge in [-0.15, -0.1) is 0 Å². The van der Waals surface area contributed by atoms with E-state index in [1.165, 1.54) is 12.1 Å². The standard InChI is InChI=1S/C20H24N2O4S/c1-14(2)26-19-10-12-20(13-11-19)27(24,25)21-16-4-6-17(7-5-16)22(15(3)23)18-8-9-18/h4-7,10-14,18,21H,8-9H2,1-3H3. The van der Waals surface area contributed by atoms with Gasteiger partial charge in [-0.3, -0.25) is 9.52 Å². The highest BCUT2D eigenvalue weighted by Gasteiger charge is 2.31. The van der Waals surface area contributed by atoms with Crippen molar-refractivity contribution in [3.05, 3.63) is 48.5 Å². The summed E-state index contributed by atoms with van der Waals surface area (Å²) in [5.74, 6) is 0.618. The third-order valence-corrected chi connectivity index (χ3v) is 5.55. The second-order valence-electron chi connectivity index (χ2n) is 6.91. The molecule has 0 saturated heterocycles. The summed E-state index contributed by atoms with van der Waals surface area (Å²) in [5, 5.41) is 0. The van der Waals surface area contributed by atoms with E-state index in [2.05, 4.69) is 4.72 Å². The van der Waals surface area contributed by atoms with E-state index < -0.39 is 10.0 Å². The molecule has 1 amide bonds. The van der Waals surface area contributed by atoms with E-state index in [1.54, 1.807) is 48.2 Å². The Balaban J connectivity index is 1.73. The molecule has 0 heterocycles. The fraction of sp³-hybridized carbons (Fsp3) is 0.350. The van der Waals surface area contributed by atoms with Gasteiger partial charge in [0, 0.05) is 24.3 Å². The molecular formula is C20H24N2O4S. The Morgan fingerprint density at radius 1 is 1.07 bits per heavy atom. The molecule has 1 N–H and O–H groups in total. The highest BCUT2D eigenvalue weighted by molar-refractivity contribution is 7.92. The first kappa shape index (κ1) is 19.2. The van der Waals surface area contributed by atoms with Crippen LogP contribution in [0.4, 0.5) is 11.4 Å². The number of carbonyl (C=O) groups is 1. The molecule has 0 radical (unpaired) electrons. The predicted octanol–water partition coefficient (Wildman–Crippen LogP) is 3.79. The quantitative estimate of drug-likeness (QED) is 0.783. The van der Waals surface area contributed by atoms with E-state index in [0.717, 1.165) is 18.5 Å². The van der Waals surface area contributed by atoms with Gasteiger partial charge in [-0.1, -0.05) is 0 Å². The Hall–Kier alpha value is -2.54. The first-order chi connectivity index (χ1) is 12.8. The van der Waals surface area contributed by atoms with Crippen LogP contribution in [0.3, 0.4) is 0 Å². The summed E-state index contributed by atoms with van der Waals surface area (Å²) < 4.78 is 33.2. The number of anilines is 2. The summed E-state index contributed by atoms with van der Waals surface area (Å²) in [6, 6.07) is 13.4. The number of nitrogens with zero attached hydrogens (tertiary/aromatic N) is 1. The van der Waals surface area contributed by atoms with Crippen molar-refractivity contribution in [1.29, 1.82) is 0 Å². The van der Waals surface area contributed by atoms with Crippen molar-refractivity contribution in [1.82, 2.24) is 0 Å². The van der Waals surface area contributed by atoms with Crippen LogP contribution in [0.2, 0.25) is 0 Å². The van der Waals surface area contributed by atoms with Gasteiger partial charge in [0.2, 0.25) is 5.91 Å². The molecule has 0 bridgehead atoms. The minimum absolute atomic E-state index is 0.00506. The molecule has 0 aromatic heterocycles. The topological polar surface area (TPSA) is 75.7 Å². The molecule has 0 aliphatic heterocycles. The van der Waals surface area contributed by atoms with Gasteiger partial charge in [-0.05, 0) is 75.2 Å². The van der Waals surface area contributed by atoms with Crippen LogP contribution >= 0.6 is 0 Å². The van der Waals surface area contributed by atoms with Crippen molar-refractivity contribution in [3.8, 4) is 5.75 Å². The average molecular weight is 388 g/mol. The summed E-state index contributed by atoms with van der Waals surface area (Å²) in [7, 11) is -3.70. The molecule has 0 atom stereocenters. The summed E-state index contributed by atoms with van der Waals surface area (Å²) in [6.07, 6.45) is 2.03. The number of nitrogens with one attached hydrogen (secondary N) is 1. The number of benzene rings is 2. The zero-order valence-corrected chi connectivity index (χ0v) is 16.5. The normalized spacial score (nSPS) is 14.1. The molecule has 7 heteroatoms. The summed E-state index contributed by atoms with van der Waals surface area (Å²) in [5.41, 5.74) is 1.23. The van der Waals surface area contributed by atoms with Gasteiger partial charge in [-0.2, -0.15) is 0 Å². The Labute approximate surface area is 160 Å². The maximum absolute atomic E-state index is 12.6. The van der Waals surface area contributed by atoms with E-state index in [1.807, 2.05) is 13.8 Å². The van der Waals surface area contributed by atoms with E-state index in [-0.39, 0.29) is 22.9 Å². The lowest BCUT2D eigenvalue weighted by Gasteiger charge is -2.21. The summed E-state index contributed by atoms with van der Waals surface area (Å²) in [6.45, 7) is 5.36. The summed E-state index contributed by atoms with van der Waals surface area (Å²) >= 11 is 0. The van der Waals surface area contributed by atoms with Crippen LogP contribution in [0.15, 0.2) is 53.4 Å². The van der Waals surface area contributed by atoms with Crippen molar-refractivity contribution < 1.29 is 17.9 Å². The second-order valence-corrected chi connectivity index (χ2v) is 8.59. The lowest BCUT2D eigenvalue weighted by molar-refractivity contribution is -0.116. The molecule has 27 heavy (non-hydrogen) atoms. The fourth-order valence-electron chi connectivity index (χ4n) is 2.86. The first-order valence-electron chi connectivity index (χ1n) is 8.95. The molecule has 0 spiro atoms. The van der Waals surface area contributed by atoms with Crippen LogP contribution in [0.5, 0.6) is 5.75 Å². The van der Waals surface area contributed by atoms with Crippen LogP contribution < -0.4 is 14.4 Å². The van der Waals surface area contributed by atoms with Crippen molar-refractivity contribution in [2.75, 3.05) is 9.62 Å². The molecule has 1 fully saturated rings. The SMILES string of the molecule is CC(=O)N(c1ccc(NS(=O)(=O)c2ccc(OC(C)C)cc2)cc1)C1CC1. The molecule has 1 aliphatic rings. The van der Waals surface area contributed by atoms with E-state index in [4.69, 9.17) is 4.74 Å². The number of amides is 1. The van der Waals surface area contributed by atoms with E-state index >= 15 is 0 Å². The van der Waals surface area contributed by atoms with Gasteiger partial charge in [0.15, 0.2) is 0 Å². The van der Waals surface area contributed by atoms with E-state index in [0.29, 0.717) is 11.4 Å². The van der Waals surface area contributed by atoms with Crippen LogP contribution in [0.25, 0.3) is 0 Å². The van der Waals surface area contributed by atoms with Gasteiger partial charge in [0.05, 0.1) is 11.0 Å². The number of rotatable bonds is 7. The van der Waals surface area contributed by atoms with Crippen molar-refractivity contribution in [3.63, 3.8) is 0 Å². The Kier molecular flexibility index (Phi) is 5.41. The molecule has 0 unspecified atom stereocenters. The molecule has 2 aromatic rings. The van der Waals surface area contributed by atoms with Gasteiger partial charge in [0.1, 0.15) is 5.75 Å². The molecule has 1 saturated carbocycles. The number of carbonyl (C=O) groups excluding carboxylic acids is 1. The van der Waals surface area contributed by atoms with Crippen LogP contribution in [-0.2, 0) is 14.8 Å². The third kappa shape index (κ3) is 4.80. The summed E-state index contributed by atoms with van der Waals surface area (Å²) in [4.78, 5) is 13.7. The number of sulfonamides is 1. The van der Waals surface area contributed by atoms with Gasteiger partial charge in [0.25, 0.3) is 10.0 Å². The number of ether oxygens (including phenoxy) is 1. The van der Waals surface area contributed by atoms with Crippen LogP contribution in [-0.4, -0.2) is 26.5 Å². The number of hydrogen-bond acceptors (Lipinski definition) is 4. The third-order valence-electron chi connectivity index (χ3n) is 4.15. The van der Waals surface area contributed by atoms with Crippen molar-refractivity contribution in [2.24, 2.45) is 0 Å².